The van der Waals surface area contributed by atoms with Crippen molar-refractivity contribution in [3.05, 3.63) is 125 Å². The first-order valence-electron chi connectivity index (χ1n) is 18.5. The average Bonchev–Trinajstić information content (AvgIpc) is 3.55. The standard InChI is InChI=1S/C47H41BN2O/c1-45(2,3)26-20-21-35-29(22-26)30-23-27(46(4,5)6)24-31-41-40-28-14-9-10-15-32(28)47(7,8)33(40)25-37-42(41)48(50(35)43(30)31)34-16-13-19-39-44(34)49(37)36-17-11-12-18-38(36)51-39/h9-25H,1-8H3. The Bertz CT molecular complexity index is 2730. The van der Waals surface area contributed by atoms with Gasteiger partial charge in [-0.1, -0.05) is 110 Å². The number of fused-ring (bicyclic) bond motifs is 13. The lowest BCUT2D eigenvalue weighted by Crippen LogP contribution is -2.57. The Morgan fingerprint density at radius 1 is 0.608 bits per heavy atom. The van der Waals surface area contributed by atoms with Gasteiger partial charge in [0.15, 0.2) is 11.5 Å². The lowest BCUT2D eigenvalue weighted by molar-refractivity contribution is 0.477. The van der Waals surface area contributed by atoms with Crippen molar-refractivity contribution in [2.45, 2.75) is 71.6 Å². The Morgan fingerprint density at radius 3 is 2.14 bits per heavy atom. The zero-order valence-electron chi connectivity index (χ0n) is 30.7. The van der Waals surface area contributed by atoms with Gasteiger partial charge in [0.05, 0.1) is 11.4 Å². The summed E-state index contributed by atoms with van der Waals surface area (Å²) in [6.07, 6.45) is 0. The van der Waals surface area contributed by atoms with Crippen molar-refractivity contribution >= 4 is 56.6 Å². The largest absolute Gasteiger partial charge is 0.453 e. The van der Waals surface area contributed by atoms with Crippen molar-refractivity contribution in [1.29, 1.82) is 0 Å². The minimum absolute atomic E-state index is 0.0234. The number of rotatable bonds is 0. The third kappa shape index (κ3) is 3.56. The fourth-order valence-corrected chi connectivity index (χ4v) is 9.85. The normalized spacial score (nSPS) is 15.7. The molecule has 0 radical (unpaired) electrons. The van der Waals surface area contributed by atoms with Gasteiger partial charge in [0.1, 0.15) is 0 Å². The number of hydrogen-bond acceptors (Lipinski definition) is 2. The summed E-state index contributed by atoms with van der Waals surface area (Å²) in [5.41, 5.74) is 19.7. The summed E-state index contributed by atoms with van der Waals surface area (Å²) in [6, 6.07) is 39.2. The highest BCUT2D eigenvalue weighted by molar-refractivity contribution is 6.90. The molecular formula is C47H41BN2O. The average molecular weight is 661 g/mol. The molecular weight excluding hydrogens is 619 g/mol. The van der Waals surface area contributed by atoms with Crippen LogP contribution in [0.2, 0.25) is 0 Å². The molecule has 3 aliphatic heterocycles. The molecule has 0 amide bonds. The van der Waals surface area contributed by atoms with E-state index in [4.69, 9.17) is 4.74 Å². The number of hydrogen-bond donors (Lipinski definition) is 0. The van der Waals surface area contributed by atoms with Crippen LogP contribution in [-0.2, 0) is 16.2 Å². The molecule has 3 nitrogen and oxygen atoms in total. The first-order valence-corrected chi connectivity index (χ1v) is 18.5. The molecule has 11 rings (SSSR count). The van der Waals surface area contributed by atoms with Crippen LogP contribution in [0.4, 0.5) is 17.1 Å². The lowest BCUT2D eigenvalue weighted by Gasteiger charge is -2.44. The molecule has 0 fully saturated rings. The smallest absolute Gasteiger partial charge is 0.333 e. The van der Waals surface area contributed by atoms with Crippen LogP contribution in [0, 0.1) is 0 Å². The van der Waals surface area contributed by atoms with Crippen LogP contribution in [0.5, 0.6) is 11.5 Å². The van der Waals surface area contributed by atoms with Gasteiger partial charge in [-0.2, -0.15) is 0 Å². The molecule has 248 valence electrons. The van der Waals surface area contributed by atoms with Gasteiger partial charge in [-0.3, -0.25) is 0 Å². The van der Waals surface area contributed by atoms with Crippen LogP contribution in [0.15, 0.2) is 103 Å². The highest BCUT2D eigenvalue weighted by Gasteiger charge is 2.49. The summed E-state index contributed by atoms with van der Waals surface area (Å²) in [6.45, 7) is 18.9. The van der Waals surface area contributed by atoms with Crippen molar-refractivity contribution in [1.82, 2.24) is 4.48 Å². The fourth-order valence-electron chi connectivity index (χ4n) is 9.85. The van der Waals surface area contributed by atoms with Crippen molar-refractivity contribution in [2.24, 2.45) is 0 Å². The number of benzene rings is 6. The minimum Gasteiger partial charge on any atom is -0.453 e. The van der Waals surface area contributed by atoms with E-state index in [-0.39, 0.29) is 23.1 Å². The second kappa shape index (κ2) is 9.17. The molecule has 0 spiro atoms. The first-order chi connectivity index (χ1) is 24.3. The van der Waals surface area contributed by atoms with E-state index in [1.54, 1.807) is 0 Å². The van der Waals surface area contributed by atoms with E-state index in [0.29, 0.717) is 0 Å². The minimum atomic E-state index is -0.162. The van der Waals surface area contributed by atoms with E-state index in [0.717, 1.165) is 22.9 Å². The first kappa shape index (κ1) is 29.5. The molecule has 4 aliphatic rings. The van der Waals surface area contributed by atoms with E-state index >= 15 is 0 Å². The second-order valence-corrected chi connectivity index (χ2v) is 17.8. The van der Waals surface area contributed by atoms with Crippen LogP contribution >= 0.6 is 0 Å². The molecule has 0 unspecified atom stereocenters. The summed E-state index contributed by atoms with van der Waals surface area (Å²) < 4.78 is 9.42. The Labute approximate surface area is 300 Å². The molecule has 0 saturated heterocycles. The zero-order chi connectivity index (χ0) is 34.9. The summed E-state index contributed by atoms with van der Waals surface area (Å²) in [7, 11) is 0. The monoisotopic (exact) mass is 660 g/mol. The molecule has 7 aromatic rings. The van der Waals surface area contributed by atoms with E-state index < -0.39 is 0 Å². The maximum Gasteiger partial charge on any atom is 0.333 e. The van der Waals surface area contributed by atoms with E-state index in [9.17, 15) is 0 Å². The van der Waals surface area contributed by atoms with Crippen molar-refractivity contribution in [3.8, 4) is 33.8 Å². The maximum atomic E-state index is 6.73. The Hall–Kier alpha value is -5.22. The third-order valence-electron chi connectivity index (χ3n) is 12.4. The Kier molecular flexibility index (Phi) is 5.30. The van der Waals surface area contributed by atoms with Gasteiger partial charge in [0.2, 0.25) is 0 Å². The summed E-state index contributed by atoms with van der Waals surface area (Å²) >= 11 is 0. The third-order valence-corrected chi connectivity index (χ3v) is 12.4. The van der Waals surface area contributed by atoms with Crippen LogP contribution < -0.4 is 20.6 Å². The van der Waals surface area contributed by atoms with Gasteiger partial charge < -0.3 is 14.1 Å². The Morgan fingerprint density at radius 2 is 1.33 bits per heavy atom. The quantitative estimate of drug-likeness (QED) is 0.151. The zero-order valence-corrected chi connectivity index (χ0v) is 30.7. The van der Waals surface area contributed by atoms with Gasteiger partial charge in [0, 0.05) is 38.5 Å². The maximum absolute atomic E-state index is 6.73. The predicted molar refractivity (Wildman–Crippen MR) is 215 cm³/mol. The summed E-state index contributed by atoms with van der Waals surface area (Å²) in [5, 5.41) is 2.69. The molecule has 0 atom stereocenters. The van der Waals surface area contributed by atoms with E-state index in [1.807, 2.05) is 0 Å². The predicted octanol–water partition coefficient (Wildman–Crippen LogP) is 11.2. The van der Waals surface area contributed by atoms with Crippen LogP contribution in [0.25, 0.3) is 44.1 Å². The highest BCUT2D eigenvalue weighted by Crippen LogP contribution is 2.59. The number of aromatic nitrogens is 1. The topological polar surface area (TPSA) is 17.4 Å². The fraction of sp³-hybridized carbons (Fsp3) is 0.234. The number of nitrogens with zero attached hydrogens (tertiary/aromatic N) is 2. The van der Waals surface area contributed by atoms with Crippen LogP contribution in [0.1, 0.15) is 77.6 Å². The van der Waals surface area contributed by atoms with Crippen LogP contribution in [0.3, 0.4) is 0 Å². The number of anilines is 3. The van der Waals surface area contributed by atoms with Crippen molar-refractivity contribution in [3.63, 3.8) is 0 Å². The molecule has 4 heterocycles. The van der Waals surface area contributed by atoms with Crippen LogP contribution in [-0.4, -0.2) is 11.3 Å². The molecule has 51 heavy (non-hydrogen) atoms. The van der Waals surface area contributed by atoms with Gasteiger partial charge in [0.25, 0.3) is 0 Å². The van der Waals surface area contributed by atoms with Crippen molar-refractivity contribution in [2.75, 3.05) is 4.90 Å². The highest BCUT2D eigenvalue weighted by atomic mass is 16.5. The van der Waals surface area contributed by atoms with E-state index in [2.05, 4.69) is 168 Å². The lowest BCUT2D eigenvalue weighted by atomic mass is 9.44. The molecule has 0 bridgehead atoms. The second-order valence-electron chi connectivity index (χ2n) is 17.8. The van der Waals surface area contributed by atoms with E-state index in [1.165, 1.54) is 82.9 Å². The van der Waals surface area contributed by atoms with Gasteiger partial charge in [-0.05, 0) is 109 Å². The molecule has 1 aliphatic carbocycles. The molecule has 0 saturated carbocycles. The van der Waals surface area contributed by atoms with Gasteiger partial charge in [-0.25, -0.2) is 0 Å². The summed E-state index contributed by atoms with van der Waals surface area (Å²) in [5.74, 6) is 1.81. The van der Waals surface area contributed by atoms with Crippen molar-refractivity contribution < 1.29 is 4.74 Å². The van der Waals surface area contributed by atoms with Gasteiger partial charge in [-0.15, -0.1) is 0 Å². The summed E-state index contributed by atoms with van der Waals surface area (Å²) in [4.78, 5) is 2.53. The molecule has 1 aromatic heterocycles. The van der Waals surface area contributed by atoms with Gasteiger partial charge >= 0.3 is 6.85 Å². The number of ether oxygens (including phenoxy) is 1. The SMILES string of the molecule is CC(C)(C)c1ccc2c(c1)c1cc(C(C)(C)C)cc3c1n2B1c2cccc4c2N(c2ccccc2O4)c2cc4c(c-3c21)-c1ccccc1C4(C)C. The molecule has 4 heteroatoms. The Balaban J connectivity index is 1.40. The molecule has 6 aromatic carbocycles. The molecule has 0 N–H and O–H groups in total. The number of para-hydroxylation sites is 3.